The Kier molecular flexibility index (Phi) is 5.75. The number of thiophene rings is 1. The van der Waals surface area contributed by atoms with E-state index in [1.165, 1.54) is 11.3 Å². The van der Waals surface area contributed by atoms with Gasteiger partial charge in [0.1, 0.15) is 0 Å². The third kappa shape index (κ3) is 3.97. The lowest BCUT2D eigenvalue weighted by molar-refractivity contribution is -0.135. The second-order valence-electron chi connectivity index (χ2n) is 6.92. The van der Waals surface area contributed by atoms with Gasteiger partial charge in [-0.25, -0.2) is 0 Å². The molecule has 4 nitrogen and oxygen atoms in total. The van der Waals surface area contributed by atoms with Crippen molar-refractivity contribution in [2.45, 2.75) is 18.4 Å². The maximum atomic E-state index is 13.3. The van der Waals surface area contributed by atoms with Gasteiger partial charge in [0, 0.05) is 16.6 Å². The molecular weight excluding hydrogens is 518 g/mol. The van der Waals surface area contributed by atoms with Gasteiger partial charge in [-0.1, -0.05) is 46.3 Å². The van der Waals surface area contributed by atoms with Crippen LogP contribution in [0.1, 0.15) is 27.2 Å². The van der Waals surface area contributed by atoms with Gasteiger partial charge < -0.3 is 10.0 Å². The number of amides is 1. The molecule has 148 valence electrons. The first-order chi connectivity index (χ1) is 13.9. The van der Waals surface area contributed by atoms with Crippen LogP contribution in [-0.2, 0) is 16.8 Å². The Labute approximate surface area is 189 Å². The fourth-order valence-electron chi connectivity index (χ4n) is 3.58. The predicted molar refractivity (Wildman–Crippen MR) is 122 cm³/mol. The zero-order chi connectivity index (χ0) is 20.6. The molecule has 2 aromatic carbocycles. The minimum absolute atomic E-state index is 0.257. The Bertz CT molecular complexity index is 1080. The average Bonchev–Trinajstić information content (AvgIpc) is 3.23. The molecule has 1 atom stereocenters. The Morgan fingerprint density at radius 1 is 1.07 bits per heavy atom. The van der Waals surface area contributed by atoms with Gasteiger partial charge in [0.15, 0.2) is 11.4 Å². The summed E-state index contributed by atoms with van der Waals surface area (Å²) in [5.74, 6) is -0.710. The highest BCUT2D eigenvalue weighted by Crippen LogP contribution is 2.44. The Hall–Kier alpha value is -1.80. The summed E-state index contributed by atoms with van der Waals surface area (Å²) >= 11 is 8.06. The zero-order valence-electron chi connectivity index (χ0n) is 15.3. The first-order valence-electron chi connectivity index (χ1n) is 9.05. The highest BCUT2D eigenvalue weighted by Gasteiger charge is 2.51. The number of fused-ring (bicyclic) bond motifs is 1. The molecule has 0 saturated heterocycles. The van der Waals surface area contributed by atoms with Crippen LogP contribution in [0.25, 0.3) is 0 Å². The van der Waals surface area contributed by atoms with Crippen molar-refractivity contribution in [1.82, 2.24) is 0 Å². The average molecular weight is 535 g/mol. The highest BCUT2D eigenvalue weighted by atomic mass is 79.9. The number of hydrogen-bond acceptors (Lipinski definition) is 4. The molecule has 2 heterocycles. The lowest BCUT2D eigenvalue weighted by Gasteiger charge is -2.22. The van der Waals surface area contributed by atoms with Gasteiger partial charge in [-0.15, -0.1) is 11.3 Å². The van der Waals surface area contributed by atoms with Crippen LogP contribution in [0.4, 0.5) is 5.69 Å². The van der Waals surface area contributed by atoms with Crippen molar-refractivity contribution in [3.05, 3.63) is 84.9 Å². The van der Waals surface area contributed by atoms with Gasteiger partial charge in [0.05, 0.1) is 20.8 Å². The van der Waals surface area contributed by atoms with E-state index in [-0.39, 0.29) is 12.2 Å². The summed E-state index contributed by atoms with van der Waals surface area (Å²) in [6.07, 6.45) is 0.369. The van der Waals surface area contributed by atoms with E-state index in [0.29, 0.717) is 29.1 Å². The lowest BCUT2D eigenvalue weighted by Crippen LogP contribution is -2.42. The molecule has 0 bridgehead atoms. The van der Waals surface area contributed by atoms with Crippen molar-refractivity contribution in [3.63, 3.8) is 0 Å². The summed E-state index contributed by atoms with van der Waals surface area (Å²) in [5, 5.41) is 11.4. The lowest BCUT2D eigenvalue weighted by atomic mass is 9.89. The number of hydrogen-bond donors (Lipinski definition) is 1. The summed E-state index contributed by atoms with van der Waals surface area (Å²) < 4.78 is 1.58. The van der Waals surface area contributed by atoms with E-state index in [9.17, 15) is 14.7 Å². The molecule has 1 aliphatic rings. The smallest absolute Gasteiger partial charge is 0.264 e. The van der Waals surface area contributed by atoms with E-state index in [4.69, 9.17) is 0 Å². The van der Waals surface area contributed by atoms with Crippen molar-refractivity contribution in [3.8, 4) is 0 Å². The molecule has 0 spiro atoms. The van der Waals surface area contributed by atoms with Crippen molar-refractivity contribution in [2.24, 2.45) is 0 Å². The summed E-state index contributed by atoms with van der Waals surface area (Å²) in [6.45, 7) is 0.429. The molecule has 0 fully saturated rings. The Morgan fingerprint density at radius 3 is 2.52 bits per heavy atom. The molecule has 1 amide bonds. The van der Waals surface area contributed by atoms with Crippen LogP contribution in [0.15, 0.2) is 68.9 Å². The molecular formula is C22H17Br2NO3S. The molecule has 7 heteroatoms. The Morgan fingerprint density at radius 2 is 1.83 bits per heavy atom. The maximum Gasteiger partial charge on any atom is 0.264 e. The number of benzene rings is 2. The number of rotatable bonds is 6. The highest BCUT2D eigenvalue weighted by molar-refractivity contribution is 9.11. The molecule has 0 aliphatic carbocycles. The molecule has 1 aliphatic heterocycles. The van der Waals surface area contributed by atoms with E-state index >= 15 is 0 Å². The fraction of sp³-hybridized carbons (Fsp3) is 0.182. The number of anilines is 1. The second-order valence-corrected chi connectivity index (χ2v) is 10.3. The van der Waals surface area contributed by atoms with Gasteiger partial charge in [-0.2, -0.15) is 0 Å². The molecule has 1 aromatic heterocycles. The van der Waals surface area contributed by atoms with E-state index in [1.807, 2.05) is 42.5 Å². The third-order valence-corrected chi connectivity index (χ3v) is 7.18. The van der Waals surface area contributed by atoms with Crippen molar-refractivity contribution >= 4 is 60.6 Å². The summed E-state index contributed by atoms with van der Waals surface area (Å²) in [5.41, 5.74) is 0.350. The zero-order valence-corrected chi connectivity index (χ0v) is 19.3. The first-order valence-corrected chi connectivity index (χ1v) is 11.5. The maximum absolute atomic E-state index is 13.3. The molecule has 1 N–H and O–H groups in total. The van der Waals surface area contributed by atoms with Crippen LogP contribution in [0, 0.1) is 0 Å². The van der Waals surface area contributed by atoms with Crippen LogP contribution in [0.2, 0.25) is 0 Å². The quantitative estimate of drug-likeness (QED) is 0.435. The minimum atomic E-state index is -1.87. The number of aliphatic hydroxyl groups is 1. The molecule has 0 saturated carbocycles. The van der Waals surface area contributed by atoms with E-state index < -0.39 is 11.5 Å². The van der Waals surface area contributed by atoms with E-state index in [1.54, 1.807) is 23.1 Å². The minimum Gasteiger partial charge on any atom is -0.375 e. The first kappa shape index (κ1) is 20.5. The summed E-state index contributed by atoms with van der Waals surface area (Å²) in [6, 6.07) is 18.8. The van der Waals surface area contributed by atoms with Gasteiger partial charge in [-0.3, -0.25) is 9.59 Å². The number of ketones is 1. The van der Waals surface area contributed by atoms with Crippen molar-refractivity contribution in [2.75, 3.05) is 11.4 Å². The number of halogens is 2. The number of carbonyl (C=O) groups excluding carboxylic acids is 2. The number of Topliss-reactive ketones (excluding diaryl/α,β-unsaturated/α-hetero) is 1. The van der Waals surface area contributed by atoms with Crippen LogP contribution in [-0.4, -0.2) is 23.3 Å². The third-order valence-electron chi connectivity index (χ3n) is 5.03. The molecule has 1 unspecified atom stereocenters. The van der Waals surface area contributed by atoms with Crippen LogP contribution >= 0.6 is 43.2 Å². The number of carbonyl (C=O) groups is 2. The molecule has 0 radical (unpaired) electrons. The van der Waals surface area contributed by atoms with Crippen molar-refractivity contribution in [1.29, 1.82) is 0 Å². The van der Waals surface area contributed by atoms with Crippen LogP contribution < -0.4 is 4.90 Å². The molecule has 29 heavy (non-hydrogen) atoms. The SMILES string of the molecule is O=C(CC1(O)C(=O)N(CCc2ccccc2)c2ccc(Br)cc21)c1ccc(Br)s1. The van der Waals surface area contributed by atoms with Crippen molar-refractivity contribution < 1.29 is 14.7 Å². The predicted octanol–water partition coefficient (Wildman–Crippen LogP) is 5.32. The fourth-order valence-corrected chi connectivity index (χ4v) is 5.27. The standard InChI is InChI=1S/C22H17Br2NO3S/c23-15-6-7-17-16(12-15)22(28,13-18(26)19-8-9-20(24)29-19)21(27)25(17)11-10-14-4-2-1-3-5-14/h1-9,12,28H,10-11,13H2. The van der Waals surface area contributed by atoms with Gasteiger partial charge >= 0.3 is 0 Å². The van der Waals surface area contributed by atoms with E-state index in [2.05, 4.69) is 31.9 Å². The van der Waals surface area contributed by atoms with E-state index in [0.717, 1.165) is 13.8 Å². The van der Waals surface area contributed by atoms with Crippen LogP contribution in [0.3, 0.4) is 0 Å². The Balaban J connectivity index is 1.65. The normalized spacial score (nSPS) is 18.2. The number of nitrogens with zero attached hydrogens (tertiary/aromatic N) is 1. The topological polar surface area (TPSA) is 57.6 Å². The largest absolute Gasteiger partial charge is 0.375 e. The second kappa shape index (κ2) is 8.14. The molecule has 3 aromatic rings. The monoisotopic (exact) mass is 533 g/mol. The summed E-state index contributed by atoms with van der Waals surface area (Å²) in [7, 11) is 0. The van der Waals surface area contributed by atoms with Crippen LogP contribution in [0.5, 0.6) is 0 Å². The van der Waals surface area contributed by atoms with Gasteiger partial charge in [-0.05, 0) is 58.2 Å². The molecule has 4 rings (SSSR count). The summed E-state index contributed by atoms with van der Waals surface area (Å²) in [4.78, 5) is 28.2. The van der Waals surface area contributed by atoms with Gasteiger partial charge in [0.2, 0.25) is 0 Å². The van der Waals surface area contributed by atoms with Gasteiger partial charge in [0.25, 0.3) is 5.91 Å².